The van der Waals surface area contributed by atoms with Gasteiger partial charge >= 0.3 is 0 Å². The molecule has 0 aliphatic rings. The molecule has 0 aliphatic carbocycles. The van der Waals surface area contributed by atoms with Crippen LogP contribution in [-0.2, 0) is 4.79 Å². The molecule has 1 amide bonds. The van der Waals surface area contributed by atoms with Crippen LogP contribution in [0.15, 0.2) is 0 Å². The van der Waals surface area contributed by atoms with Gasteiger partial charge in [-0.3, -0.25) is 4.79 Å². The van der Waals surface area contributed by atoms with E-state index in [1.807, 2.05) is 14.0 Å². The summed E-state index contributed by atoms with van der Waals surface area (Å²) in [4.78, 5) is 13.5. The lowest BCUT2D eigenvalue weighted by atomic mass is 9.98. The van der Waals surface area contributed by atoms with Gasteiger partial charge in [-0.2, -0.15) is 0 Å². The summed E-state index contributed by atoms with van der Waals surface area (Å²) >= 11 is 5.64. The third-order valence-corrected chi connectivity index (χ3v) is 3.22. The number of alkyl halides is 1. The molecule has 0 radical (unpaired) electrons. The number of rotatable bonds is 4. The van der Waals surface area contributed by atoms with Crippen molar-refractivity contribution in [3.8, 4) is 0 Å². The van der Waals surface area contributed by atoms with E-state index in [0.717, 1.165) is 6.42 Å². The van der Waals surface area contributed by atoms with Gasteiger partial charge in [0, 0.05) is 24.4 Å². The molecular weight excluding hydrogens is 186 g/mol. The van der Waals surface area contributed by atoms with Crippen molar-refractivity contribution >= 4 is 17.5 Å². The Labute approximate surface area is 86.2 Å². The lowest BCUT2D eigenvalue weighted by Gasteiger charge is -2.36. The average molecular weight is 206 g/mol. The van der Waals surface area contributed by atoms with Gasteiger partial charge in [-0.15, -0.1) is 11.6 Å². The molecule has 0 aromatic heterocycles. The van der Waals surface area contributed by atoms with E-state index < -0.39 is 0 Å². The van der Waals surface area contributed by atoms with Crippen LogP contribution in [0.2, 0.25) is 0 Å². The SMILES string of the molecule is CCC(C)(C)N(C)C(=O)C(C)CCl. The van der Waals surface area contributed by atoms with E-state index in [2.05, 4.69) is 20.8 Å². The smallest absolute Gasteiger partial charge is 0.226 e. The van der Waals surface area contributed by atoms with E-state index in [1.54, 1.807) is 4.90 Å². The Morgan fingerprint density at radius 2 is 2.00 bits per heavy atom. The molecule has 0 N–H and O–H groups in total. The molecule has 1 atom stereocenters. The molecular formula is C10H20ClNO. The molecule has 78 valence electrons. The molecule has 0 fully saturated rings. The number of hydrogen-bond acceptors (Lipinski definition) is 1. The number of amides is 1. The van der Waals surface area contributed by atoms with Crippen LogP contribution in [0, 0.1) is 5.92 Å². The van der Waals surface area contributed by atoms with Gasteiger partial charge < -0.3 is 4.90 Å². The predicted octanol–water partition coefficient (Wildman–Crippen LogP) is 2.51. The Hall–Kier alpha value is -0.240. The first-order chi connectivity index (χ1) is 5.86. The highest BCUT2D eigenvalue weighted by Gasteiger charge is 2.28. The van der Waals surface area contributed by atoms with Gasteiger partial charge in [0.15, 0.2) is 0 Å². The highest BCUT2D eigenvalue weighted by molar-refractivity contribution is 6.19. The summed E-state index contributed by atoms with van der Waals surface area (Å²) in [5, 5.41) is 0. The van der Waals surface area contributed by atoms with Crippen LogP contribution in [0.4, 0.5) is 0 Å². The first-order valence-corrected chi connectivity index (χ1v) is 5.24. The van der Waals surface area contributed by atoms with Gasteiger partial charge in [0.05, 0.1) is 0 Å². The average Bonchev–Trinajstić information content (AvgIpc) is 2.14. The second kappa shape index (κ2) is 4.85. The first kappa shape index (κ1) is 12.8. The Morgan fingerprint density at radius 1 is 1.54 bits per heavy atom. The fraction of sp³-hybridized carbons (Fsp3) is 0.900. The quantitative estimate of drug-likeness (QED) is 0.646. The van der Waals surface area contributed by atoms with Crippen LogP contribution < -0.4 is 0 Å². The zero-order valence-electron chi connectivity index (χ0n) is 9.22. The Morgan fingerprint density at radius 3 is 2.31 bits per heavy atom. The van der Waals surface area contributed by atoms with Gasteiger partial charge in [0.1, 0.15) is 0 Å². The van der Waals surface area contributed by atoms with E-state index in [0.29, 0.717) is 5.88 Å². The van der Waals surface area contributed by atoms with Crippen LogP contribution in [-0.4, -0.2) is 29.3 Å². The second-order valence-corrected chi connectivity index (χ2v) is 4.43. The normalized spacial score (nSPS) is 14.0. The zero-order chi connectivity index (χ0) is 10.6. The fourth-order valence-electron chi connectivity index (χ4n) is 0.932. The summed E-state index contributed by atoms with van der Waals surface area (Å²) in [6, 6.07) is 0. The summed E-state index contributed by atoms with van der Waals surface area (Å²) in [6.45, 7) is 8.06. The van der Waals surface area contributed by atoms with Crippen molar-refractivity contribution in [2.45, 2.75) is 39.7 Å². The third kappa shape index (κ3) is 3.18. The standard InChI is InChI=1S/C10H20ClNO/c1-6-10(3,4)12(5)9(13)8(2)7-11/h8H,6-7H2,1-5H3. The fourth-order valence-corrected chi connectivity index (χ4v) is 1.06. The van der Waals surface area contributed by atoms with Crippen molar-refractivity contribution in [2.75, 3.05) is 12.9 Å². The largest absolute Gasteiger partial charge is 0.340 e. The monoisotopic (exact) mass is 205 g/mol. The molecule has 0 bridgehead atoms. The van der Waals surface area contributed by atoms with Crippen LogP contribution >= 0.6 is 11.6 Å². The van der Waals surface area contributed by atoms with E-state index in [4.69, 9.17) is 11.6 Å². The number of carbonyl (C=O) groups excluding carboxylic acids is 1. The van der Waals surface area contributed by atoms with Crippen LogP contribution in [0.5, 0.6) is 0 Å². The van der Waals surface area contributed by atoms with E-state index in [-0.39, 0.29) is 17.4 Å². The zero-order valence-corrected chi connectivity index (χ0v) is 9.98. The number of hydrogen-bond donors (Lipinski definition) is 0. The molecule has 0 spiro atoms. The summed E-state index contributed by atoms with van der Waals surface area (Å²) in [5.74, 6) is 0.433. The molecule has 1 unspecified atom stereocenters. The molecule has 0 saturated heterocycles. The van der Waals surface area contributed by atoms with Gasteiger partial charge in [-0.1, -0.05) is 13.8 Å². The highest BCUT2D eigenvalue weighted by Crippen LogP contribution is 2.19. The van der Waals surface area contributed by atoms with E-state index >= 15 is 0 Å². The summed E-state index contributed by atoms with van der Waals surface area (Å²) in [6.07, 6.45) is 0.949. The lowest BCUT2D eigenvalue weighted by molar-refractivity contribution is -0.137. The number of nitrogens with zero attached hydrogens (tertiary/aromatic N) is 1. The maximum atomic E-state index is 11.7. The second-order valence-electron chi connectivity index (χ2n) is 4.12. The van der Waals surface area contributed by atoms with Gasteiger partial charge in [0.2, 0.25) is 5.91 Å². The number of carbonyl (C=O) groups is 1. The molecule has 0 rings (SSSR count). The maximum Gasteiger partial charge on any atom is 0.226 e. The summed E-state index contributed by atoms with van der Waals surface area (Å²) in [5.41, 5.74) is -0.0720. The first-order valence-electron chi connectivity index (χ1n) is 4.70. The van der Waals surface area contributed by atoms with Crippen molar-refractivity contribution < 1.29 is 4.79 Å². The molecule has 2 nitrogen and oxygen atoms in total. The highest BCUT2D eigenvalue weighted by atomic mass is 35.5. The minimum absolute atomic E-state index is 0.0720. The van der Waals surface area contributed by atoms with Crippen molar-refractivity contribution in [2.24, 2.45) is 5.92 Å². The van der Waals surface area contributed by atoms with Gasteiger partial charge in [-0.25, -0.2) is 0 Å². The molecule has 0 saturated carbocycles. The van der Waals surface area contributed by atoms with E-state index in [9.17, 15) is 4.79 Å². The molecule has 0 aromatic carbocycles. The van der Waals surface area contributed by atoms with Crippen molar-refractivity contribution in [3.05, 3.63) is 0 Å². The number of halogens is 1. The molecule has 13 heavy (non-hydrogen) atoms. The van der Waals surface area contributed by atoms with Crippen LogP contribution in [0.1, 0.15) is 34.1 Å². The Balaban J connectivity index is 4.42. The Bertz CT molecular complexity index is 180. The minimum Gasteiger partial charge on any atom is -0.340 e. The minimum atomic E-state index is -0.0857. The van der Waals surface area contributed by atoms with Crippen molar-refractivity contribution in [1.29, 1.82) is 0 Å². The molecule has 0 aliphatic heterocycles. The maximum absolute atomic E-state index is 11.7. The van der Waals surface area contributed by atoms with Gasteiger partial charge in [-0.05, 0) is 20.3 Å². The van der Waals surface area contributed by atoms with Crippen molar-refractivity contribution in [3.63, 3.8) is 0 Å². The van der Waals surface area contributed by atoms with Crippen LogP contribution in [0.25, 0.3) is 0 Å². The molecule has 0 aromatic rings. The molecule has 3 heteroatoms. The van der Waals surface area contributed by atoms with Crippen LogP contribution in [0.3, 0.4) is 0 Å². The predicted molar refractivity (Wildman–Crippen MR) is 57.0 cm³/mol. The van der Waals surface area contributed by atoms with Crippen molar-refractivity contribution in [1.82, 2.24) is 4.90 Å². The van der Waals surface area contributed by atoms with Gasteiger partial charge in [0.25, 0.3) is 0 Å². The lowest BCUT2D eigenvalue weighted by Crippen LogP contribution is -2.46. The third-order valence-electron chi connectivity index (χ3n) is 2.76. The molecule has 0 heterocycles. The topological polar surface area (TPSA) is 20.3 Å². The summed E-state index contributed by atoms with van der Waals surface area (Å²) < 4.78 is 0. The summed E-state index contributed by atoms with van der Waals surface area (Å²) in [7, 11) is 1.84. The Kier molecular flexibility index (Phi) is 4.76. The van der Waals surface area contributed by atoms with E-state index in [1.165, 1.54) is 0 Å².